The van der Waals surface area contributed by atoms with E-state index in [4.69, 9.17) is 4.74 Å². The molecule has 1 aliphatic heterocycles. The Kier molecular flexibility index (Phi) is 5.02. The summed E-state index contributed by atoms with van der Waals surface area (Å²) in [5, 5.41) is 13.2. The van der Waals surface area contributed by atoms with Gasteiger partial charge in [0.2, 0.25) is 11.8 Å². The minimum Gasteiger partial charge on any atom is -0.495 e. The molecular weight excluding hydrogens is 357 g/mol. The van der Waals surface area contributed by atoms with Crippen LogP contribution in [0.3, 0.4) is 0 Å². The van der Waals surface area contributed by atoms with Gasteiger partial charge in [-0.05, 0) is 18.2 Å². The van der Waals surface area contributed by atoms with Crippen LogP contribution in [-0.4, -0.2) is 30.4 Å². The highest BCUT2D eigenvalue weighted by atomic mass is 19.1. The smallest absolute Gasteiger partial charge is 0.271 e. The van der Waals surface area contributed by atoms with Gasteiger partial charge in [-0.15, -0.1) is 0 Å². The topological polar surface area (TPSA) is 102 Å². The highest BCUT2D eigenvalue weighted by molar-refractivity contribution is 6.04. The van der Waals surface area contributed by atoms with E-state index >= 15 is 0 Å². The summed E-state index contributed by atoms with van der Waals surface area (Å²) in [5.41, 5.74) is -0.0935. The van der Waals surface area contributed by atoms with E-state index in [1.807, 2.05) is 0 Å². The molecule has 1 unspecified atom stereocenters. The number of amides is 2. The third-order valence-electron chi connectivity index (χ3n) is 4.29. The minimum atomic E-state index is -0.792. The molecule has 140 valence electrons. The quantitative estimate of drug-likeness (QED) is 0.641. The summed E-state index contributed by atoms with van der Waals surface area (Å²) >= 11 is 0. The van der Waals surface area contributed by atoms with Crippen molar-refractivity contribution in [3.63, 3.8) is 0 Å². The van der Waals surface area contributed by atoms with E-state index in [-0.39, 0.29) is 30.2 Å². The number of para-hydroxylation sites is 2. The molecule has 0 radical (unpaired) electrons. The van der Waals surface area contributed by atoms with Crippen molar-refractivity contribution in [2.75, 3.05) is 23.9 Å². The number of hydrogen-bond donors (Lipinski definition) is 1. The number of carbonyl (C=O) groups excluding carboxylic acids is 2. The number of halogens is 1. The maximum atomic E-state index is 13.9. The second kappa shape index (κ2) is 7.40. The first-order valence-electron chi connectivity index (χ1n) is 8.09. The van der Waals surface area contributed by atoms with Gasteiger partial charge in [0, 0.05) is 25.1 Å². The molecule has 9 heteroatoms. The first-order valence-corrected chi connectivity index (χ1v) is 8.09. The predicted octanol–water partition coefficient (Wildman–Crippen LogP) is 2.73. The second-order valence-corrected chi connectivity index (χ2v) is 5.99. The maximum absolute atomic E-state index is 13.9. The lowest BCUT2D eigenvalue weighted by molar-refractivity contribution is -0.384. The summed E-state index contributed by atoms with van der Waals surface area (Å²) in [7, 11) is 1.48. The summed E-state index contributed by atoms with van der Waals surface area (Å²) in [6, 6.07) is 9.78. The molecule has 1 saturated heterocycles. The Morgan fingerprint density at radius 1 is 1.33 bits per heavy atom. The SMILES string of the molecule is COc1ccccc1N1CC(C(=O)Nc2cc([N+](=O)[O-])ccc2F)CC1=O. The Bertz CT molecular complexity index is 918. The van der Waals surface area contributed by atoms with Crippen LogP contribution in [0.25, 0.3) is 0 Å². The zero-order chi connectivity index (χ0) is 19.6. The minimum absolute atomic E-state index is 0.0551. The van der Waals surface area contributed by atoms with Crippen LogP contribution in [0.5, 0.6) is 5.75 Å². The van der Waals surface area contributed by atoms with Crippen LogP contribution in [0.15, 0.2) is 42.5 Å². The van der Waals surface area contributed by atoms with Gasteiger partial charge in [0.1, 0.15) is 11.6 Å². The average Bonchev–Trinajstić information content (AvgIpc) is 3.05. The number of ether oxygens (including phenoxy) is 1. The van der Waals surface area contributed by atoms with E-state index in [1.54, 1.807) is 24.3 Å². The number of nitrogens with zero attached hydrogens (tertiary/aromatic N) is 2. The standard InChI is InChI=1S/C18H16FN3O5/c1-27-16-5-3-2-4-15(16)21-10-11(8-17(21)23)18(24)20-14-9-12(22(25)26)6-7-13(14)19/h2-7,9,11H,8,10H2,1H3,(H,20,24). The van der Waals surface area contributed by atoms with Crippen molar-refractivity contribution in [2.45, 2.75) is 6.42 Å². The molecule has 0 aliphatic carbocycles. The van der Waals surface area contributed by atoms with Crippen molar-refractivity contribution in [2.24, 2.45) is 5.92 Å². The van der Waals surface area contributed by atoms with Gasteiger partial charge in [-0.1, -0.05) is 12.1 Å². The number of rotatable bonds is 5. The molecule has 8 nitrogen and oxygen atoms in total. The number of benzene rings is 2. The van der Waals surface area contributed by atoms with E-state index < -0.39 is 22.6 Å². The lowest BCUT2D eigenvalue weighted by Crippen LogP contribution is -2.28. The number of nitro benzene ring substituents is 1. The van der Waals surface area contributed by atoms with E-state index in [1.165, 1.54) is 12.0 Å². The van der Waals surface area contributed by atoms with E-state index in [2.05, 4.69) is 5.32 Å². The molecule has 2 aromatic rings. The summed E-state index contributed by atoms with van der Waals surface area (Å²) in [4.78, 5) is 36.4. The molecule has 1 heterocycles. The number of carbonyl (C=O) groups is 2. The number of nitro groups is 1. The van der Waals surface area contributed by atoms with Crippen LogP contribution in [-0.2, 0) is 9.59 Å². The second-order valence-electron chi connectivity index (χ2n) is 5.99. The monoisotopic (exact) mass is 373 g/mol. The van der Waals surface area contributed by atoms with Gasteiger partial charge in [0.15, 0.2) is 0 Å². The number of hydrogen-bond acceptors (Lipinski definition) is 5. The van der Waals surface area contributed by atoms with Gasteiger partial charge >= 0.3 is 0 Å². The molecule has 2 amide bonds. The van der Waals surface area contributed by atoms with Crippen LogP contribution >= 0.6 is 0 Å². The van der Waals surface area contributed by atoms with Gasteiger partial charge in [-0.25, -0.2) is 4.39 Å². The molecule has 1 atom stereocenters. The Morgan fingerprint density at radius 2 is 2.07 bits per heavy atom. The molecular formula is C18H16FN3O5. The fourth-order valence-corrected chi connectivity index (χ4v) is 2.93. The van der Waals surface area contributed by atoms with Crippen LogP contribution in [0.2, 0.25) is 0 Å². The molecule has 0 saturated carbocycles. The molecule has 27 heavy (non-hydrogen) atoms. The highest BCUT2D eigenvalue weighted by Gasteiger charge is 2.36. The predicted molar refractivity (Wildman–Crippen MR) is 95.1 cm³/mol. The lowest BCUT2D eigenvalue weighted by Gasteiger charge is -2.19. The van der Waals surface area contributed by atoms with Gasteiger partial charge < -0.3 is 15.0 Å². The Morgan fingerprint density at radius 3 is 2.78 bits per heavy atom. The summed E-state index contributed by atoms with van der Waals surface area (Å²) in [6.45, 7) is 0.0988. The zero-order valence-electron chi connectivity index (χ0n) is 14.3. The molecule has 1 fully saturated rings. The molecule has 0 bridgehead atoms. The Labute approximate surface area is 153 Å². The van der Waals surface area contributed by atoms with Crippen molar-refractivity contribution in [1.29, 1.82) is 0 Å². The Balaban J connectivity index is 1.77. The molecule has 0 aromatic heterocycles. The third-order valence-corrected chi connectivity index (χ3v) is 4.29. The van der Waals surface area contributed by atoms with Crippen LogP contribution in [0, 0.1) is 21.8 Å². The van der Waals surface area contributed by atoms with Crippen LogP contribution in [0.4, 0.5) is 21.5 Å². The van der Waals surface area contributed by atoms with Gasteiger partial charge in [0.05, 0.1) is 29.3 Å². The highest BCUT2D eigenvalue weighted by Crippen LogP contribution is 2.33. The van der Waals surface area contributed by atoms with Crippen LogP contribution < -0.4 is 15.0 Å². The van der Waals surface area contributed by atoms with E-state index in [0.29, 0.717) is 11.4 Å². The third kappa shape index (κ3) is 3.71. The van der Waals surface area contributed by atoms with Crippen molar-refractivity contribution < 1.29 is 23.6 Å². The van der Waals surface area contributed by atoms with Crippen molar-refractivity contribution >= 4 is 28.9 Å². The molecule has 0 spiro atoms. The van der Waals surface area contributed by atoms with E-state index in [0.717, 1.165) is 18.2 Å². The molecule has 1 aliphatic rings. The fraction of sp³-hybridized carbons (Fsp3) is 0.222. The first kappa shape index (κ1) is 18.3. The van der Waals surface area contributed by atoms with Crippen molar-refractivity contribution in [1.82, 2.24) is 0 Å². The van der Waals surface area contributed by atoms with Crippen molar-refractivity contribution in [3.8, 4) is 5.75 Å². The summed E-state index contributed by atoms with van der Waals surface area (Å²) in [5.74, 6) is -1.86. The average molecular weight is 373 g/mol. The Hall–Kier alpha value is -3.49. The van der Waals surface area contributed by atoms with E-state index in [9.17, 15) is 24.1 Å². The number of methoxy groups -OCH3 is 1. The van der Waals surface area contributed by atoms with Crippen molar-refractivity contribution in [3.05, 3.63) is 58.4 Å². The van der Waals surface area contributed by atoms with Crippen LogP contribution in [0.1, 0.15) is 6.42 Å². The summed E-state index contributed by atoms with van der Waals surface area (Å²) < 4.78 is 19.1. The number of non-ortho nitro benzene ring substituents is 1. The summed E-state index contributed by atoms with van der Waals surface area (Å²) in [6.07, 6.45) is -0.0551. The number of anilines is 2. The van der Waals surface area contributed by atoms with Gasteiger partial charge in [-0.2, -0.15) is 0 Å². The molecule has 1 N–H and O–H groups in total. The maximum Gasteiger partial charge on any atom is 0.271 e. The molecule has 2 aromatic carbocycles. The zero-order valence-corrected chi connectivity index (χ0v) is 14.3. The fourth-order valence-electron chi connectivity index (χ4n) is 2.93. The first-order chi connectivity index (χ1) is 12.9. The normalized spacial score (nSPS) is 16.3. The number of nitrogens with one attached hydrogen (secondary N) is 1. The van der Waals surface area contributed by atoms with Gasteiger partial charge in [0.25, 0.3) is 5.69 Å². The van der Waals surface area contributed by atoms with Gasteiger partial charge in [-0.3, -0.25) is 19.7 Å². The lowest BCUT2D eigenvalue weighted by atomic mass is 10.1. The largest absolute Gasteiger partial charge is 0.495 e. The molecule has 3 rings (SSSR count).